The monoisotopic (exact) mass is 278 g/mol. The number of carbonyl (C=O) groups is 1. The molecule has 1 amide bonds. The molecule has 1 atom stereocenters. The van der Waals surface area contributed by atoms with Gasteiger partial charge < -0.3 is 10.2 Å². The third-order valence-corrected chi connectivity index (χ3v) is 3.20. The van der Waals surface area contributed by atoms with Crippen LogP contribution in [-0.2, 0) is 9.63 Å². The first-order valence-electron chi connectivity index (χ1n) is 6.70. The van der Waals surface area contributed by atoms with Crippen LogP contribution < -0.4 is 5.32 Å². The van der Waals surface area contributed by atoms with Crippen LogP contribution in [0.15, 0.2) is 29.4 Å². The number of carbonyl (C=O) groups excluding carboxylic acids is 1. The van der Waals surface area contributed by atoms with Crippen LogP contribution in [0.5, 0.6) is 0 Å². The Hall–Kier alpha value is -1.91. The molecule has 5 heteroatoms. The van der Waals surface area contributed by atoms with Crippen LogP contribution in [0, 0.1) is 11.7 Å². The standard InChI is InChI=1S/C15H19FN2O2/c1-10(2)9-17-14(19)15(3)8-13(18-20-15)11-6-4-5-7-12(11)16/h4-7,10H,8-9H2,1-3H3,(H,17,19)/t15-/m0/s1. The van der Waals surface area contributed by atoms with Gasteiger partial charge in [-0.25, -0.2) is 4.39 Å². The van der Waals surface area contributed by atoms with Crippen LogP contribution >= 0.6 is 0 Å². The van der Waals surface area contributed by atoms with Gasteiger partial charge in [0.25, 0.3) is 5.91 Å². The van der Waals surface area contributed by atoms with Gasteiger partial charge in [-0.05, 0) is 18.9 Å². The zero-order valence-electron chi connectivity index (χ0n) is 11.9. The Morgan fingerprint density at radius 3 is 2.85 bits per heavy atom. The quantitative estimate of drug-likeness (QED) is 0.920. The predicted octanol–water partition coefficient (Wildman–Crippen LogP) is 2.48. The van der Waals surface area contributed by atoms with Crippen molar-refractivity contribution in [3.63, 3.8) is 0 Å². The zero-order valence-corrected chi connectivity index (χ0v) is 11.9. The third-order valence-electron chi connectivity index (χ3n) is 3.20. The highest BCUT2D eigenvalue weighted by Crippen LogP contribution is 2.27. The minimum atomic E-state index is -1.06. The molecule has 1 aromatic carbocycles. The molecule has 0 fully saturated rings. The Labute approximate surface area is 118 Å². The lowest BCUT2D eigenvalue weighted by atomic mass is 9.94. The minimum Gasteiger partial charge on any atom is -0.379 e. The second-order valence-electron chi connectivity index (χ2n) is 5.62. The van der Waals surface area contributed by atoms with Gasteiger partial charge in [0.1, 0.15) is 5.82 Å². The first kappa shape index (κ1) is 14.5. The molecule has 0 spiro atoms. The fourth-order valence-electron chi connectivity index (χ4n) is 1.99. The number of hydrogen-bond donors (Lipinski definition) is 1. The van der Waals surface area contributed by atoms with Crippen LogP contribution in [0.2, 0.25) is 0 Å². The van der Waals surface area contributed by atoms with Crippen molar-refractivity contribution in [2.24, 2.45) is 11.1 Å². The molecule has 4 nitrogen and oxygen atoms in total. The van der Waals surface area contributed by atoms with E-state index >= 15 is 0 Å². The van der Waals surface area contributed by atoms with Gasteiger partial charge in [-0.1, -0.05) is 37.2 Å². The lowest BCUT2D eigenvalue weighted by Crippen LogP contribution is -2.45. The van der Waals surface area contributed by atoms with E-state index in [0.29, 0.717) is 23.7 Å². The molecule has 20 heavy (non-hydrogen) atoms. The summed E-state index contributed by atoms with van der Waals surface area (Å²) in [7, 11) is 0. The van der Waals surface area contributed by atoms with Crippen molar-refractivity contribution in [1.82, 2.24) is 5.32 Å². The Balaban J connectivity index is 2.07. The molecular formula is C15H19FN2O2. The van der Waals surface area contributed by atoms with Crippen molar-refractivity contribution >= 4 is 11.6 Å². The van der Waals surface area contributed by atoms with Gasteiger partial charge in [-0.3, -0.25) is 4.79 Å². The Bertz CT molecular complexity index is 542. The normalized spacial score (nSPS) is 21.6. The van der Waals surface area contributed by atoms with Crippen LogP contribution in [0.1, 0.15) is 32.8 Å². The van der Waals surface area contributed by atoms with E-state index in [1.807, 2.05) is 13.8 Å². The number of nitrogens with zero attached hydrogens (tertiary/aromatic N) is 1. The number of rotatable bonds is 4. The molecule has 1 heterocycles. The predicted molar refractivity (Wildman–Crippen MR) is 74.9 cm³/mol. The van der Waals surface area contributed by atoms with Crippen molar-refractivity contribution in [3.8, 4) is 0 Å². The topological polar surface area (TPSA) is 50.7 Å². The van der Waals surface area contributed by atoms with Gasteiger partial charge in [0.2, 0.25) is 5.60 Å². The summed E-state index contributed by atoms with van der Waals surface area (Å²) in [6, 6.07) is 6.35. The summed E-state index contributed by atoms with van der Waals surface area (Å²) in [5.41, 5.74) is -0.217. The molecule has 1 aliphatic rings. The lowest BCUT2D eigenvalue weighted by molar-refractivity contribution is -0.141. The molecule has 1 aromatic rings. The summed E-state index contributed by atoms with van der Waals surface area (Å²) in [6.45, 7) is 6.27. The van der Waals surface area contributed by atoms with E-state index < -0.39 is 5.60 Å². The third kappa shape index (κ3) is 2.98. The van der Waals surface area contributed by atoms with Crippen LogP contribution in [0.3, 0.4) is 0 Å². The molecule has 108 valence electrons. The Morgan fingerprint density at radius 2 is 2.20 bits per heavy atom. The van der Waals surface area contributed by atoms with Crippen LogP contribution in [0.4, 0.5) is 4.39 Å². The zero-order chi connectivity index (χ0) is 14.8. The van der Waals surface area contributed by atoms with Crippen molar-refractivity contribution in [2.75, 3.05) is 6.54 Å². The molecular weight excluding hydrogens is 259 g/mol. The summed E-state index contributed by atoms with van der Waals surface area (Å²) in [5.74, 6) is -0.223. The van der Waals surface area contributed by atoms with Crippen LogP contribution in [0.25, 0.3) is 0 Å². The maximum Gasteiger partial charge on any atom is 0.267 e. The molecule has 1 N–H and O–H groups in total. The smallest absolute Gasteiger partial charge is 0.267 e. The summed E-state index contributed by atoms with van der Waals surface area (Å²) in [6.07, 6.45) is 0.262. The van der Waals surface area contributed by atoms with E-state index in [1.165, 1.54) is 6.07 Å². The van der Waals surface area contributed by atoms with Crippen molar-refractivity contribution < 1.29 is 14.0 Å². The molecule has 1 aliphatic heterocycles. The number of benzene rings is 1. The van der Waals surface area contributed by atoms with Gasteiger partial charge in [-0.15, -0.1) is 0 Å². The highest BCUT2D eigenvalue weighted by atomic mass is 19.1. The van der Waals surface area contributed by atoms with Gasteiger partial charge in [0, 0.05) is 18.5 Å². The van der Waals surface area contributed by atoms with E-state index in [9.17, 15) is 9.18 Å². The van der Waals surface area contributed by atoms with Crippen molar-refractivity contribution in [3.05, 3.63) is 35.6 Å². The molecule has 0 aromatic heterocycles. The fourth-order valence-corrected chi connectivity index (χ4v) is 1.99. The van der Waals surface area contributed by atoms with Gasteiger partial charge in [0.15, 0.2) is 0 Å². The number of oxime groups is 1. The highest BCUT2D eigenvalue weighted by Gasteiger charge is 2.42. The summed E-state index contributed by atoms with van der Waals surface area (Å²) >= 11 is 0. The summed E-state index contributed by atoms with van der Waals surface area (Å²) in [5, 5.41) is 6.70. The first-order chi connectivity index (χ1) is 9.42. The van der Waals surface area contributed by atoms with Crippen LogP contribution in [-0.4, -0.2) is 23.8 Å². The number of amides is 1. The van der Waals surface area contributed by atoms with Gasteiger partial charge >= 0.3 is 0 Å². The van der Waals surface area contributed by atoms with E-state index in [0.717, 1.165) is 0 Å². The van der Waals surface area contributed by atoms with E-state index in [1.54, 1.807) is 25.1 Å². The molecule has 0 radical (unpaired) electrons. The Morgan fingerprint density at radius 1 is 1.50 bits per heavy atom. The molecule has 0 unspecified atom stereocenters. The SMILES string of the molecule is CC(C)CNC(=O)[C@]1(C)CC(c2ccccc2F)=NO1. The largest absolute Gasteiger partial charge is 0.379 e. The first-order valence-corrected chi connectivity index (χ1v) is 6.70. The Kier molecular flexibility index (Phi) is 4.06. The number of hydrogen-bond acceptors (Lipinski definition) is 3. The average Bonchev–Trinajstić information content (AvgIpc) is 2.80. The molecule has 2 rings (SSSR count). The van der Waals surface area contributed by atoms with Crippen molar-refractivity contribution in [1.29, 1.82) is 0 Å². The maximum absolute atomic E-state index is 13.7. The van der Waals surface area contributed by atoms with Gasteiger partial charge in [-0.2, -0.15) is 0 Å². The second-order valence-corrected chi connectivity index (χ2v) is 5.62. The molecule has 0 bridgehead atoms. The maximum atomic E-state index is 13.7. The van der Waals surface area contributed by atoms with E-state index in [-0.39, 0.29) is 18.1 Å². The highest BCUT2D eigenvalue weighted by molar-refractivity contribution is 6.05. The summed E-state index contributed by atoms with van der Waals surface area (Å²) in [4.78, 5) is 17.4. The second kappa shape index (κ2) is 5.61. The van der Waals surface area contributed by atoms with Gasteiger partial charge in [0.05, 0.1) is 5.71 Å². The van der Waals surface area contributed by atoms with E-state index in [2.05, 4.69) is 10.5 Å². The summed E-state index contributed by atoms with van der Waals surface area (Å²) < 4.78 is 13.7. The fraction of sp³-hybridized carbons (Fsp3) is 0.467. The number of halogens is 1. The minimum absolute atomic E-state index is 0.221. The average molecular weight is 278 g/mol. The lowest BCUT2D eigenvalue weighted by Gasteiger charge is -2.21. The molecule has 0 saturated carbocycles. The molecule has 0 saturated heterocycles. The van der Waals surface area contributed by atoms with E-state index in [4.69, 9.17) is 4.84 Å². The number of nitrogens with one attached hydrogen (secondary N) is 1. The molecule has 0 aliphatic carbocycles. The van der Waals surface area contributed by atoms with Crippen molar-refractivity contribution in [2.45, 2.75) is 32.8 Å².